The van der Waals surface area contributed by atoms with Crippen LogP contribution < -0.4 is 14.8 Å². The highest BCUT2D eigenvalue weighted by atomic mass is 127. The molecule has 0 saturated carbocycles. The number of rotatable bonds is 5. The quantitative estimate of drug-likeness (QED) is 0.257. The van der Waals surface area contributed by atoms with Gasteiger partial charge in [-0.2, -0.15) is 0 Å². The van der Waals surface area contributed by atoms with Gasteiger partial charge in [0, 0.05) is 45.3 Å². The van der Waals surface area contributed by atoms with Crippen LogP contribution in [-0.4, -0.2) is 70.1 Å². The molecule has 1 aromatic rings. The molecule has 3 aliphatic heterocycles. The molecule has 0 amide bonds. The Labute approximate surface area is 207 Å². The number of fused-ring (bicyclic) bond motifs is 1. The van der Waals surface area contributed by atoms with Crippen LogP contribution in [0.5, 0.6) is 11.5 Å². The van der Waals surface area contributed by atoms with Crippen LogP contribution in [-0.2, 0) is 19.7 Å². The maximum absolute atomic E-state index is 12.2. The van der Waals surface area contributed by atoms with Gasteiger partial charge in [0.05, 0.1) is 12.5 Å². The van der Waals surface area contributed by atoms with Crippen LogP contribution in [0.2, 0.25) is 0 Å². The lowest BCUT2D eigenvalue weighted by Crippen LogP contribution is -2.52. The maximum atomic E-state index is 12.2. The Morgan fingerprint density at radius 1 is 1.28 bits per heavy atom. The Balaban J connectivity index is 0.00000289. The number of nitrogens with zero attached hydrogens (tertiary/aromatic N) is 2. The molecular formula is C23H34IN3O5. The van der Waals surface area contributed by atoms with E-state index in [4.69, 9.17) is 18.9 Å². The third-order valence-corrected chi connectivity index (χ3v) is 6.57. The van der Waals surface area contributed by atoms with Gasteiger partial charge in [-0.05, 0) is 50.3 Å². The molecule has 1 atom stereocenters. The molecule has 2 fully saturated rings. The lowest BCUT2D eigenvalue weighted by atomic mass is 9.74. The van der Waals surface area contributed by atoms with Gasteiger partial charge >= 0.3 is 5.97 Å². The summed E-state index contributed by atoms with van der Waals surface area (Å²) in [6.07, 6.45) is 3.65. The summed E-state index contributed by atoms with van der Waals surface area (Å²) < 4.78 is 22.0. The fourth-order valence-corrected chi connectivity index (χ4v) is 4.76. The molecule has 3 heterocycles. The maximum Gasteiger partial charge on any atom is 0.310 e. The van der Waals surface area contributed by atoms with Gasteiger partial charge in [0.15, 0.2) is 17.5 Å². The zero-order valence-corrected chi connectivity index (χ0v) is 21.3. The van der Waals surface area contributed by atoms with Gasteiger partial charge in [-0.1, -0.05) is 6.07 Å². The van der Waals surface area contributed by atoms with Gasteiger partial charge in [-0.15, -0.1) is 24.0 Å². The van der Waals surface area contributed by atoms with Crippen molar-refractivity contribution in [2.75, 3.05) is 53.3 Å². The van der Waals surface area contributed by atoms with Crippen LogP contribution >= 0.6 is 24.0 Å². The number of ether oxygens (including phenoxy) is 4. The molecule has 0 aliphatic carbocycles. The minimum Gasteiger partial charge on any atom is -0.466 e. The summed E-state index contributed by atoms with van der Waals surface area (Å²) in [5.74, 6) is 2.23. The number of carbonyl (C=O) groups excluding carboxylic acids is 1. The Kier molecular flexibility index (Phi) is 8.87. The molecule has 2 saturated heterocycles. The van der Waals surface area contributed by atoms with Gasteiger partial charge in [0.1, 0.15) is 0 Å². The number of hydrogen-bond donors (Lipinski definition) is 1. The first-order chi connectivity index (χ1) is 15.1. The van der Waals surface area contributed by atoms with Gasteiger partial charge in [0.25, 0.3) is 0 Å². The van der Waals surface area contributed by atoms with E-state index in [1.165, 1.54) is 5.56 Å². The third-order valence-electron chi connectivity index (χ3n) is 6.57. The lowest BCUT2D eigenvalue weighted by molar-refractivity contribution is -0.149. The fraction of sp³-hybridized carbons (Fsp3) is 0.652. The van der Waals surface area contributed by atoms with E-state index in [1.54, 1.807) is 7.05 Å². The number of guanidine groups is 1. The Hall–Kier alpha value is -1.75. The highest BCUT2D eigenvalue weighted by molar-refractivity contribution is 14.0. The van der Waals surface area contributed by atoms with Crippen molar-refractivity contribution in [3.05, 3.63) is 23.8 Å². The van der Waals surface area contributed by atoms with Crippen LogP contribution in [0.3, 0.4) is 0 Å². The van der Waals surface area contributed by atoms with Gasteiger partial charge < -0.3 is 29.2 Å². The van der Waals surface area contributed by atoms with E-state index < -0.39 is 0 Å². The molecule has 8 nitrogen and oxygen atoms in total. The number of aliphatic imine (C=N–C) groups is 1. The molecule has 1 N–H and O–H groups in total. The second-order valence-corrected chi connectivity index (χ2v) is 8.40. The Morgan fingerprint density at radius 2 is 2.06 bits per heavy atom. The molecule has 0 aromatic heterocycles. The first-order valence-electron chi connectivity index (χ1n) is 11.3. The van der Waals surface area contributed by atoms with Crippen molar-refractivity contribution in [1.29, 1.82) is 0 Å². The van der Waals surface area contributed by atoms with Crippen LogP contribution in [0.4, 0.5) is 0 Å². The number of nitrogens with one attached hydrogen (secondary N) is 1. The van der Waals surface area contributed by atoms with Gasteiger partial charge in [-0.3, -0.25) is 9.79 Å². The topological polar surface area (TPSA) is 81.6 Å². The molecule has 1 aromatic carbocycles. The first kappa shape index (κ1) is 24.9. The summed E-state index contributed by atoms with van der Waals surface area (Å²) in [6.45, 7) is 6.26. The summed E-state index contributed by atoms with van der Waals surface area (Å²) in [5, 5.41) is 3.60. The standard InChI is InChI=1S/C23H33N3O5.HI/c1-3-29-21(27)17-5-4-10-26(14-17)22(24-2)25-15-23(8-11-28-12-9-23)18-6-7-19-20(13-18)31-16-30-19;/h6-7,13,17H,3-5,8-12,14-16H2,1-2H3,(H,24,25);1H. The summed E-state index contributed by atoms with van der Waals surface area (Å²) in [4.78, 5) is 18.9. The summed E-state index contributed by atoms with van der Waals surface area (Å²) in [5.41, 5.74) is 1.15. The summed E-state index contributed by atoms with van der Waals surface area (Å²) >= 11 is 0. The average Bonchev–Trinajstić information content (AvgIpc) is 3.28. The van der Waals surface area contributed by atoms with Crippen molar-refractivity contribution in [3.63, 3.8) is 0 Å². The van der Waals surface area contributed by atoms with Crippen molar-refractivity contribution in [1.82, 2.24) is 10.2 Å². The highest BCUT2D eigenvalue weighted by Crippen LogP contribution is 2.40. The van der Waals surface area contributed by atoms with Crippen LogP contribution in [0.25, 0.3) is 0 Å². The number of likely N-dealkylation sites (tertiary alicyclic amines) is 1. The Morgan fingerprint density at radius 3 is 2.81 bits per heavy atom. The van der Waals surface area contributed by atoms with Crippen molar-refractivity contribution in [2.45, 2.75) is 38.0 Å². The van der Waals surface area contributed by atoms with E-state index in [1.807, 2.05) is 13.0 Å². The number of piperidine rings is 1. The Bertz CT molecular complexity index is 813. The van der Waals surface area contributed by atoms with E-state index in [2.05, 4.69) is 27.3 Å². The summed E-state index contributed by atoms with van der Waals surface area (Å²) in [6, 6.07) is 6.25. The molecule has 0 bridgehead atoms. The van der Waals surface area contributed by atoms with Crippen molar-refractivity contribution < 1.29 is 23.7 Å². The third kappa shape index (κ3) is 5.41. The number of hydrogen-bond acceptors (Lipinski definition) is 6. The lowest BCUT2D eigenvalue weighted by Gasteiger charge is -2.40. The van der Waals surface area contributed by atoms with Crippen LogP contribution in [0.15, 0.2) is 23.2 Å². The fourth-order valence-electron chi connectivity index (χ4n) is 4.76. The number of benzene rings is 1. The molecule has 0 radical (unpaired) electrons. The minimum atomic E-state index is -0.107. The molecule has 178 valence electrons. The summed E-state index contributed by atoms with van der Waals surface area (Å²) in [7, 11) is 1.80. The number of halogens is 1. The van der Waals surface area contributed by atoms with Crippen LogP contribution in [0.1, 0.15) is 38.2 Å². The van der Waals surface area contributed by atoms with Gasteiger partial charge in [-0.25, -0.2) is 0 Å². The predicted molar refractivity (Wildman–Crippen MR) is 132 cm³/mol. The molecular weight excluding hydrogens is 525 g/mol. The van der Waals surface area contributed by atoms with Gasteiger partial charge in [0.2, 0.25) is 6.79 Å². The highest BCUT2D eigenvalue weighted by Gasteiger charge is 2.37. The molecule has 9 heteroatoms. The number of carbonyl (C=O) groups is 1. The second kappa shape index (κ2) is 11.4. The van der Waals surface area contributed by atoms with E-state index in [0.717, 1.165) is 69.4 Å². The molecule has 4 rings (SSSR count). The minimum absolute atomic E-state index is 0. The van der Waals surface area contributed by atoms with Crippen molar-refractivity contribution >= 4 is 35.9 Å². The smallest absolute Gasteiger partial charge is 0.310 e. The average molecular weight is 559 g/mol. The van der Waals surface area contributed by atoms with Crippen LogP contribution in [0, 0.1) is 5.92 Å². The largest absolute Gasteiger partial charge is 0.466 e. The van der Waals surface area contributed by atoms with E-state index in [0.29, 0.717) is 13.2 Å². The van der Waals surface area contributed by atoms with Crippen molar-refractivity contribution in [2.24, 2.45) is 10.9 Å². The normalized spacial score (nSPS) is 22.1. The van der Waals surface area contributed by atoms with Crippen molar-refractivity contribution in [3.8, 4) is 11.5 Å². The number of esters is 1. The van der Waals surface area contributed by atoms with E-state index >= 15 is 0 Å². The monoisotopic (exact) mass is 559 g/mol. The molecule has 3 aliphatic rings. The SMILES string of the molecule is CCOC(=O)C1CCCN(C(=NC)NCC2(c3ccc4c(c3)OCO4)CCOCC2)C1.I. The zero-order chi connectivity index (χ0) is 21.7. The molecule has 32 heavy (non-hydrogen) atoms. The molecule has 0 spiro atoms. The predicted octanol–water partition coefficient (Wildman–Crippen LogP) is 2.93. The first-order valence-corrected chi connectivity index (χ1v) is 11.3. The molecule has 1 unspecified atom stereocenters. The second-order valence-electron chi connectivity index (χ2n) is 8.40. The van der Waals surface area contributed by atoms with E-state index in [9.17, 15) is 4.79 Å². The van der Waals surface area contributed by atoms with E-state index in [-0.39, 0.29) is 48.1 Å². The zero-order valence-electron chi connectivity index (χ0n) is 18.9.